The minimum atomic E-state index is -0.799. The van der Waals surface area contributed by atoms with Crippen molar-refractivity contribution in [2.24, 2.45) is 0 Å². The number of aryl methyl sites for hydroxylation is 1. The minimum Gasteiger partial charge on any atom is -0.350 e. The van der Waals surface area contributed by atoms with Crippen LogP contribution in [0.15, 0.2) is 12.1 Å². The summed E-state index contributed by atoms with van der Waals surface area (Å²) < 4.78 is 38.1. The van der Waals surface area contributed by atoms with Gasteiger partial charge in [-0.1, -0.05) is 12.1 Å². The maximum atomic E-state index is 13.9. The minimum absolute atomic E-state index is 0.305. The molecule has 1 atom stereocenters. The summed E-state index contributed by atoms with van der Waals surface area (Å²) in [5, 5.41) is 2.97. The van der Waals surface area contributed by atoms with E-state index in [0.717, 1.165) is 0 Å². The first-order valence-corrected chi connectivity index (χ1v) is 5.98. The van der Waals surface area contributed by atoms with Crippen molar-refractivity contribution < 1.29 is 18.3 Å². The van der Waals surface area contributed by atoms with Crippen molar-refractivity contribution in [3.8, 4) is 0 Å². The van der Waals surface area contributed by atoms with Crippen LogP contribution in [0.5, 0.6) is 0 Å². The fourth-order valence-electron chi connectivity index (χ4n) is 2.07. The van der Waals surface area contributed by atoms with E-state index < -0.39 is 11.6 Å². The van der Waals surface area contributed by atoms with Crippen LogP contribution in [0.1, 0.15) is 23.6 Å². The molecule has 1 aliphatic rings. The molecule has 18 heavy (non-hydrogen) atoms. The molecule has 1 unspecified atom stereocenters. The molecule has 0 bridgehead atoms. The van der Waals surface area contributed by atoms with Gasteiger partial charge in [0.15, 0.2) is 17.9 Å². The summed E-state index contributed by atoms with van der Waals surface area (Å²) in [6, 6.07) is 2.85. The summed E-state index contributed by atoms with van der Waals surface area (Å²) in [6.45, 7) is 2.64. The largest absolute Gasteiger partial charge is 0.350 e. The molecule has 3 nitrogen and oxygen atoms in total. The van der Waals surface area contributed by atoms with Crippen LogP contribution >= 0.6 is 0 Å². The van der Waals surface area contributed by atoms with Crippen molar-refractivity contribution in [1.29, 1.82) is 0 Å². The molecule has 100 valence electrons. The fourth-order valence-corrected chi connectivity index (χ4v) is 2.07. The zero-order chi connectivity index (χ0) is 13.1. The zero-order valence-corrected chi connectivity index (χ0v) is 10.5. The third kappa shape index (κ3) is 2.68. The molecule has 2 rings (SSSR count). The highest BCUT2D eigenvalue weighted by Crippen LogP contribution is 2.26. The van der Waals surface area contributed by atoms with E-state index >= 15 is 0 Å². The summed E-state index contributed by atoms with van der Waals surface area (Å²) in [5.74, 6) is -1.59. The van der Waals surface area contributed by atoms with Gasteiger partial charge in [-0.2, -0.15) is 0 Å². The average Bonchev–Trinajstić information content (AvgIpc) is 2.87. The lowest BCUT2D eigenvalue weighted by Gasteiger charge is -2.20. The first-order valence-electron chi connectivity index (χ1n) is 5.98. The number of halogens is 2. The SMILES string of the molecule is CNC(CC1OCCO1)c1ccc(C)c(F)c1F. The summed E-state index contributed by atoms with van der Waals surface area (Å²) in [5.41, 5.74) is 0.610. The molecule has 1 heterocycles. The second-order valence-electron chi connectivity index (χ2n) is 4.35. The first kappa shape index (κ1) is 13.4. The molecule has 0 aromatic heterocycles. The normalized spacial score (nSPS) is 18.2. The molecule has 1 aromatic carbocycles. The van der Waals surface area contributed by atoms with Gasteiger partial charge >= 0.3 is 0 Å². The Labute approximate surface area is 105 Å². The van der Waals surface area contributed by atoms with Gasteiger partial charge in [0, 0.05) is 18.0 Å². The maximum absolute atomic E-state index is 13.9. The molecular weight excluding hydrogens is 240 g/mol. The Morgan fingerprint density at radius 3 is 2.56 bits per heavy atom. The van der Waals surface area contributed by atoms with E-state index in [2.05, 4.69) is 5.32 Å². The predicted octanol–water partition coefficient (Wildman–Crippen LogP) is 2.30. The number of benzene rings is 1. The fraction of sp³-hybridized carbons (Fsp3) is 0.538. The topological polar surface area (TPSA) is 30.5 Å². The number of rotatable bonds is 4. The van der Waals surface area contributed by atoms with E-state index in [0.29, 0.717) is 30.8 Å². The summed E-state index contributed by atoms with van der Waals surface area (Å²) in [4.78, 5) is 0. The lowest BCUT2D eigenvalue weighted by atomic mass is 10.0. The number of hydrogen-bond acceptors (Lipinski definition) is 3. The Morgan fingerprint density at radius 1 is 1.28 bits per heavy atom. The van der Waals surface area contributed by atoms with Crippen molar-refractivity contribution in [3.63, 3.8) is 0 Å². The molecule has 1 fully saturated rings. The molecule has 0 spiro atoms. The maximum Gasteiger partial charge on any atom is 0.163 e. The molecule has 1 saturated heterocycles. The van der Waals surface area contributed by atoms with E-state index in [4.69, 9.17) is 9.47 Å². The van der Waals surface area contributed by atoms with Crippen LogP contribution in [0.2, 0.25) is 0 Å². The Morgan fingerprint density at radius 2 is 1.94 bits per heavy atom. The zero-order valence-electron chi connectivity index (χ0n) is 10.5. The van der Waals surface area contributed by atoms with Crippen molar-refractivity contribution >= 4 is 0 Å². The highest BCUT2D eigenvalue weighted by atomic mass is 19.2. The Bertz CT molecular complexity index is 420. The van der Waals surface area contributed by atoms with Gasteiger partial charge in [0.1, 0.15) is 0 Å². The Balaban J connectivity index is 2.18. The van der Waals surface area contributed by atoms with Crippen molar-refractivity contribution in [2.75, 3.05) is 20.3 Å². The third-order valence-corrected chi connectivity index (χ3v) is 3.15. The molecule has 0 saturated carbocycles. The molecule has 1 N–H and O–H groups in total. The van der Waals surface area contributed by atoms with E-state index in [-0.39, 0.29) is 12.3 Å². The van der Waals surface area contributed by atoms with Gasteiger partial charge in [-0.25, -0.2) is 8.78 Å². The average molecular weight is 257 g/mol. The third-order valence-electron chi connectivity index (χ3n) is 3.15. The van der Waals surface area contributed by atoms with E-state index in [1.54, 1.807) is 26.1 Å². The molecule has 1 aromatic rings. The van der Waals surface area contributed by atoms with Crippen molar-refractivity contribution in [1.82, 2.24) is 5.32 Å². The lowest BCUT2D eigenvalue weighted by Crippen LogP contribution is -2.24. The second-order valence-corrected chi connectivity index (χ2v) is 4.35. The van der Waals surface area contributed by atoms with Gasteiger partial charge in [0.25, 0.3) is 0 Å². The monoisotopic (exact) mass is 257 g/mol. The smallest absolute Gasteiger partial charge is 0.163 e. The number of ether oxygens (including phenoxy) is 2. The molecule has 0 radical (unpaired) electrons. The van der Waals surface area contributed by atoms with Crippen LogP contribution < -0.4 is 5.32 Å². The Kier molecular flexibility index (Phi) is 4.27. The lowest BCUT2D eigenvalue weighted by molar-refractivity contribution is -0.0528. The van der Waals surface area contributed by atoms with Gasteiger partial charge in [0.05, 0.1) is 13.2 Å². The Hall–Kier alpha value is -1.04. The summed E-state index contributed by atoms with van der Waals surface area (Å²) in [7, 11) is 1.71. The second kappa shape index (κ2) is 5.73. The molecule has 0 aliphatic carbocycles. The van der Waals surface area contributed by atoms with Gasteiger partial charge in [0.2, 0.25) is 0 Å². The highest BCUT2D eigenvalue weighted by molar-refractivity contribution is 5.27. The van der Waals surface area contributed by atoms with Gasteiger partial charge < -0.3 is 14.8 Å². The standard InChI is InChI=1S/C13H17F2NO2/c1-8-3-4-9(13(15)12(8)14)10(16-2)7-11-17-5-6-18-11/h3-4,10-11,16H,5-7H2,1-2H3. The van der Waals surface area contributed by atoms with Crippen LogP contribution in [0.25, 0.3) is 0 Å². The highest BCUT2D eigenvalue weighted by Gasteiger charge is 2.24. The molecule has 0 amide bonds. The van der Waals surface area contributed by atoms with Crippen LogP contribution in [-0.2, 0) is 9.47 Å². The summed E-state index contributed by atoms with van der Waals surface area (Å²) in [6.07, 6.45) is 0.0989. The molecule has 5 heteroatoms. The first-order chi connectivity index (χ1) is 8.63. The van der Waals surface area contributed by atoms with Gasteiger partial charge in [-0.05, 0) is 19.5 Å². The molecule has 1 aliphatic heterocycles. The molecular formula is C13H17F2NO2. The number of nitrogens with one attached hydrogen (secondary N) is 1. The van der Waals surface area contributed by atoms with Crippen molar-refractivity contribution in [2.45, 2.75) is 25.7 Å². The van der Waals surface area contributed by atoms with Gasteiger partial charge in [-0.3, -0.25) is 0 Å². The van der Waals surface area contributed by atoms with E-state index in [9.17, 15) is 8.78 Å². The van der Waals surface area contributed by atoms with Crippen LogP contribution in [0, 0.1) is 18.6 Å². The van der Waals surface area contributed by atoms with E-state index in [1.165, 1.54) is 0 Å². The quantitative estimate of drug-likeness (QED) is 0.897. The van der Waals surface area contributed by atoms with Crippen LogP contribution in [0.3, 0.4) is 0 Å². The predicted molar refractivity (Wildman–Crippen MR) is 63.2 cm³/mol. The van der Waals surface area contributed by atoms with Crippen LogP contribution in [0.4, 0.5) is 8.78 Å². The van der Waals surface area contributed by atoms with Crippen LogP contribution in [-0.4, -0.2) is 26.6 Å². The van der Waals surface area contributed by atoms with Crippen molar-refractivity contribution in [3.05, 3.63) is 34.9 Å². The summed E-state index contributed by atoms with van der Waals surface area (Å²) >= 11 is 0. The van der Waals surface area contributed by atoms with Gasteiger partial charge in [-0.15, -0.1) is 0 Å². The number of hydrogen-bond donors (Lipinski definition) is 1. The van der Waals surface area contributed by atoms with E-state index in [1.807, 2.05) is 0 Å².